The second-order valence-electron chi connectivity index (χ2n) is 7.86. The van der Waals surface area contributed by atoms with Crippen molar-refractivity contribution in [3.63, 3.8) is 0 Å². The van der Waals surface area contributed by atoms with Crippen LogP contribution in [0.5, 0.6) is 5.75 Å². The molecule has 1 amide bonds. The number of likely N-dealkylation sites (tertiary alicyclic amines) is 1. The largest absolute Gasteiger partial charge is 0.497 e. The zero-order valence-corrected chi connectivity index (χ0v) is 17.9. The van der Waals surface area contributed by atoms with Gasteiger partial charge < -0.3 is 14.6 Å². The minimum absolute atomic E-state index is 0.186. The normalized spacial score (nSPS) is 15.4. The van der Waals surface area contributed by atoms with Gasteiger partial charge in [0.05, 0.1) is 19.2 Å². The van der Waals surface area contributed by atoms with E-state index >= 15 is 0 Å². The van der Waals surface area contributed by atoms with Crippen LogP contribution >= 0.6 is 0 Å². The Kier molecular flexibility index (Phi) is 6.64. The quantitative estimate of drug-likeness (QED) is 0.579. The predicted molar refractivity (Wildman–Crippen MR) is 114 cm³/mol. The maximum atomic E-state index is 12.7. The average molecular weight is 460 g/mol. The third kappa shape index (κ3) is 5.70. The third-order valence-corrected chi connectivity index (χ3v) is 5.61. The maximum Gasteiger partial charge on any atom is 0.416 e. The summed E-state index contributed by atoms with van der Waals surface area (Å²) in [7, 11) is 1.60. The van der Waals surface area contributed by atoms with Crippen LogP contribution in [0.1, 0.15) is 24.3 Å². The fraction of sp³-hybridized carbons (Fsp3) is 0.348. The molecule has 0 aliphatic carbocycles. The van der Waals surface area contributed by atoms with Crippen LogP contribution in [0.2, 0.25) is 0 Å². The van der Waals surface area contributed by atoms with Crippen molar-refractivity contribution in [1.82, 2.24) is 15.0 Å². The minimum Gasteiger partial charge on any atom is -0.497 e. The Morgan fingerprint density at radius 3 is 2.39 bits per heavy atom. The molecule has 174 valence electrons. The first-order valence-electron chi connectivity index (χ1n) is 10.5. The average Bonchev–Trinajstić information content (AvgIpc) is 3.28. The van der Waals surface area contributed by atoms with E-state index in [0.29, 0.717) is 49.9 Å². The molecule has 1 fully saturated rings. The van der Waals surface area contributed by atoms with Gasteiger partial charge in [-0.1, -0.05) is 5.16 Å². The van der Waals surface area contributed by atoms with Crippen molar-refractivity contribution in [2.24, 2.45) is 5.92 Å². The number of piperidine rings is 1. The number of hydrogen-bond donors (Lipinski definition) is 1. The van der Waals surface area contributed by atoms with Gasteiger partial charge in [-0.25, -0.2) is 0 Å². The number of alkyl halides is 3. The van der Waals surface area contributed by atoms with Gasteiger partial charge in [0.2, 0.25) is 17.6 Å². The number of rotatable bonds is 6. The number of amides is 1. The lowest BCUT2D eigenvalue weighted by Gasteiger charge is -2.30. The lowest BCUT2D eigenvalue weighted by Crippen LogP contribution is -2.37. The number of aromatic nitrogens is 2. The summed E-state index contributed by atoms with van der Waals surface area (Å²) < 4.78 is 48.5. The van der Waals surface area contributed by atoms with E-state index in [1.165, 1.54) is 12.1 Å². The van der Waals surface area contributed by atoms with Gasteiger partial charge in [0, 0.05) is 17.2 Å². The topological polar surface area (TPSA) is 80.5 Å². The number of carbonyl (C=O) groups is 1. The number of hydrogen-bond acceptors (Lipinski definition) is 6. The molecule has 33 heavy (non-hydrogen) atoms. The number of methoxy groups -OCH3 is 1. The van der Waals surface area contributed by atoms with Gasteiger partial charge in [0.25, 0.3) is 0 Å². The van der Waals surface area contributed by atoms with Gasteiger partial charge in [0.1, 0.15) is 5.75 Å². The molecule has 0 unspecified atom stereocenters. The first-order chi connectivity index (χ1) is 15.8. The van der Waals surface area contributed by atoms with E-state index in [2.05, 4.69) is 20.4 Å². The molecule has 1 aliphatic heterocycles. The fourth-order valence-electron chi connectivity index (χ4n) is 3.71. The summed E-state index contributed by atoms with van der Waals surface area (Å²) >= 11 is 0. The van der Waals surface area contributed by atoms with Gasteiger partial charge in [0.15, 0.2) is 0 Å². The Hall–Kier alpha value is -3.40. The molecule has 0 saturated carbocycles. The van der Waals surface area contributed by atoms with Crippen LogP contribution in [-0.2, 0) is 17.5 Å². The van der Waals surface area contributed by atoms with E-state index in [4.69, 9.17) is 9.26 Å². The maximum absolute atomic E-state index is 12.7. The van der Waals surface area contributed by atoms with Crippen molar-refractivity contribution < 1.29 is 27.2 Å². The Morgan fingerprint density at radius 2 is 1.79 bits per heavy atom. The van der Waals surface area contributed by atoms with Gasteiger partial charge in [-0.2, -0.15) is 18.2 Å². The van der Waals surface area contributed by atoms with Crippen molar-refractivity contribution in [3.8, 4) is 17.1 Å². The third-order valence-electron chi connectivity index (χ3n) is 5.61. The van der Waals surface area contributed by atoms with Gasteiger partial charge >= 0.3 is 6.18 Å². The first-order valence-corrected chi connectivity index (χ1v) is 10.5. The highest BCUT2D eigenvalue weighted by Gasteiger charge is 2.30. The van der Waals surface area contributed by atoms with Gasteiger partial charge in [-0.15, -0.1) is 0 Å². The molecule has 0 bridgehead atoms. The molecule has 2 aromatic carbocycles. The van der Waals surface area contributed by atoms with Crippen molar-refractivity contribution in [3.05, 3.63) is 60.0 Å². The summed E-state index contributed by atoms with van der Waals surface area (Å²) in [6, 6.07) is 11.8. The Bertz CT molecular complexity index is 1070. The molecule has 7 nitrogen and oxygen atoms in total. The van der Waals surface area contributed by atoms with E-state index in [9.17, 15) is 18.0 Å². The van der Waals surface area contributed by atoms with Crippen LogP contribution < -0.4 is 10.1 Å². The zero-order chi connectivity index (χ0) is 23.4. The van der Waals surface area contributed by atoms with Crippen LogP contribution in [0.25, 0.3) is 11.4 Å². The standard InChI is InChI=1S/C23H23F3N4O3/c1-32-19-8-2-15(3-9-19)21-28-20(33-29-21)14-30-12-10-16(11-13-30)22(31)27-18-6-4-17(5-7-18)23(24,25)26/h2-9,16H,10-14H2,1H3,(H,27,31). The summed E-state index contributed by atoms with van der Waals surface area (Å²) in [5.74, 6) is 1.34. The summed E-state index contributed by atoms with van der Waals surface area (Å²) in [5.41, 5.74) is 0.432. The van der Waals surface area contributed by atoms with E-state index < -0.39 is 11.7 Å². The van der Waals surface area contributed by atoms with Crippen LogP contribution in [0.15, 0.2) is 53.1 Å². The highest BCUT2D eigenvalue weighted by Crippen LogP contribution is 2.30. The molecule has 0 spiro atoms. The molecule has 1 N–H and O–H groups in total. The van der Waals surface area contributed by atoms with Crippen LogP contribution in [0.3, 0.4) is 0 Å². The Labute approximate surface area is 188 Å². The molecule has 1 aliphatic rings. The molecular weight excluding hydrogens is 437 g/mol. The molecular formula is C23H23F3N4O3. The number of anilines is 1. The van der Waals surface area contributed by atoms with Gasteiger partial charge in [-0.3, -0.25) is 9.69 Å². The number of carbonyl (C=O) groups excluding carboxylic acids is 1. The van der Waals surface area contributed by atoms with Crippen LogP contribution in [0, 0.1) is 5.92 Å². The van der Waals surface area contributed by atoms with Gasteiger partial charge in [-0.05, 0) is 74.5 Å². The second-order valence-corrected chi connectivity index (χ2v) is 7.86. The summed E-state index contributed by atoms with van der Waals surface area (Å²) in [5, 5.41) is 6.74. The minimum atomic E-state index is -4.40. The number of benzene rings is 2. The number of nitrogens with one attached hydrogen (secondary N) is 1. The fourth-order valence-corrected chi connectivity index (χ4v) is 3.71. The predicted octanol–water partition coefficient (Wildman–Crippen LogP) is 4.61. The molecule has 10 heteroatoms. The lowest BCUT2D eigenvalue weighted by molar-refractivity contribution is -0.137. The lowest BCUT2D eigenvalue weighted by atomic mass is 9.96. The summed E-state index contributed by atoms with van der Waals surface area (Å²) in [6.07, 6.45) is -3.14. The molecule has 1 aromatic heterocycles. The SMILES string of the molecule is COc1ccc(-c2noc(CN3CCC(C(=O)Nc4ccc(C(F)(F)F)cc4)CC3)n2)cc1. The Balaban J connectivity index is 1.26. The zero-order valence-electron chi connectivity index (χ0n) is 17.9. The molecule has 4 rings (SSSR count). The summed E-state index contributed by atoms with van der Waals surface area (Å²) in [4.78, 5) is 19.1. The van der Waals surface area contributed by atoms with E-state index in [1.54, 1.807) is 7.11 Å². The molecule has 3 aromatic rings. The number of nitrogens with zero attached hydrogens (tertiary/aromatic N) is 3. The summed E-state index contributed by atoms with van der Waals surface area (Å²) in [6.45, 7) is 1.83. The second kappa shape index (κ2) is 9.62. The highest BCUT2D eigenvalue weighted by atomic mass is 19.4. The first kappa shape index (κ1) is 22.8. The number of halogens is 3. The van der Waals surface area contributed by atoms with Crippen molar-refractivity contribution in [1.29, 1.82) is 0 Å². The monoisotopic (exact) mass is 460 g/mol. The van der Waals surface area contributed by atoms with Crippen LogP contribution in [0.4, 0.5) is 18.9 Å². The molecule has 0 radical (unpaired) electrons. The molecule has 1 saturated heterocycles. The van der Waals surface area contributed by atoms with Crippen molar-refractivity contribution in [2.75, 3.05) is 25.5 Å². The highest BCUT2D eigenvalue weighted by molar-refractivity contribution is 5.92. The van der Waals surface area contributed by atoms with E-state index in [1.807, 2.05) is 24.3 Å². The van der Waals surface area contributed by atoms with Crippen molar-refractivity contribution >= 4 is 11.6 Å². The number of ether oxygens (including phenoxy) is 1. The van der Waals surface area contributed by atoms with Crippen molar-refractivity contribution in [2.45, 2.75) is 25.6 Å². The van der Waals surface area contributed by atoms with Crippen LogP contribution in [-0.4, -0.2) is 41.1 Å². The molecule has 2 heterocycles. The Morgan fingerprint density at radius 1 is 1.12 bits per heavy atom. The smallest absolute Gasteiger partial charge is 0.416 e. The molecule has 0 atom stereocenters. The van der Waals surface area contributed by atoms with E-state index in [-0.39, 0.29) is 11.8 Å². The van der Waals surface area contributed by atoms with E-state index in [0.717, 1.165) is 23.4 Å².